The number of nitrogens with zero attached hydrogens (tertiary/aromatic N) is 1. The van der Waals surface area contributed by atoms with Crippen molar-refractivity contribution in [2.45, 2.75) is 52.7 Å². The Kier molecular flexibility index (Phi) is 6.78. The van der Waals surface area contributed by atoms with Crippen LogP contribution < -0.4 is 4.74 Å². The highest BCUT2D eigenvalue weighted by Crippen LogP contribution is 2.40. The fourth-order valence-corrected chi connectivity index (χ4v) is 3.80. The maximum absolute atomic E-state index is 14.7. The summed E-state index contributed by atoms with van der Waals surface area (Å²) in [5, 5.41) is 11.1. The number of carbonyl (C=O) groups excluding carboxylic acids is 2. The molecule has 1 aliphatic heterocycles. The smallest absolute Gasteiger partial charge is 0.295 e. The Morgan fingerprint density at radius 3 is 2.52 bits per heavy atom. The molecule has 0 saturated carbocycles. The fourth-order valence-electron chi connectivity index (χ4n) is 3.80. The maximum atomic E-state index is 14.7. The van der Waals surface area contributed by atoms with E-state index in [2.05, 4.69) is 0 Å². The number of Topliss-reactive ketones (excluding diaryl/α,β-unsaturated/α-hetero) is 1. The number of ketones is 1. The Morgan fingerprint density at radius 2 is 1.90 bits per heavy atom. The van der Waals surface area contributed by atoms with Crippen molar-refractivity contribution in [3.63, 3.8) is 0 Å². The van der Waals surface area contributed by atoms with E-state index >= 15 is 0 Å². The van der Waals surface area contributed by atoms with Gasteiger partial charge in [0.1, 0.15) is 17.3 Å². The maximum Gasteiger partial charge on any atom is 0.295 e. The molecular formula is C25H28FNO4. The normalized spacial score (nSPS) is 18.1. The van der Waals surface area contributed by atoms with E-state index in [1.54, 1.807) is 36.4 Å². The number of likely N-dealkylation sites (tertiary alicyclic amines) is 1. The predicted molar refractivity (Wildman–Crippen MR) is 117 cm³/mol. The Morgan fingerprint density at radius 1 is 1.19 bits per heavy atom. The van der Waals surface area contributed by atoms with Crippen LogP contribution in [0.4, 0.5) is 4.39 Å². The van der Waals surface area contributed by atoms with Gasteiger partial charge < -0.3 is 14.7 Å². The van der Waals surface area contributed by atoms with E-state index in [4.69, 9.17) is 4.74 Å². The second-order valence-electron chi connectivity index (χ2n) is 8.01. The van der Waals surface area contributed by atoms with Gasteiger partial charge in [-0.15, -0.1) is 0 Å². The molecule has 1 atom stereocenters. The third-order valence-corrected chi connectivity index (χ3v) is 5.30. The minimum absolute atomic E-state index is 0.0110. The van der Waals surface area contributed by atoms with Gasteiger partial charge in [0.2, 0.25) is 0 Å². The molecule has 3 rings (SSSR count). The van der Waals surface area contributed by atoms with Crippen molar-refractivity contribution >= 4 is 17.4 Å². The molecule has 0 spiro atoms. The molecule has 1 fully saturated rings. The van der Waals surface area contributed by atoms with E-state index in [1.807, 2.05) is 27.7 Å². The average Bonchev–Trinajstić information content (AvgIpc) is 2.97. The summed E-state index contributed by atoms with van der Waals surface area (Å²) in [5.41, 5.74) is 1.25. The summed E-state index contributed by atoms with van der Waals surface area (Å²) in [7, 11) is 0. The molecule has 0 radical (unpaired) electrons. The number of aliphatic hydroxyl groups excluding tert-OH is 1. The molecule has 1 N–H and O–H groups in total. The molecule has 2 aromatic carbocycles. The molecule has 164 valence electrons. The molecule has 1 unspecified atom stereocenters. The van der Waals surface area contributed by atoms with E-state index in [9.17, 15) is 19.1 Å². The summed E-state index contributed by atoms with van der Waals surface area (Å²) < 4.78 is 20.4. The molecule has 0 aromatic heterocycles. The number of ether oxygens (including phenoxy) is 1. The van der Waals surface area contributed by atoms with Gasteiger partial charge in [-0.25, -0.2) is 4.39 Å². The number of aliphatic hydroxyl groups is 1. The van der Waals surface area contributed by atoms with Crippen LogP contribution in [0.3, 0.4) is 0 Å². The van der Waals surface area contributed by atoms with Gasteiger partial charge >= 0.3 is 0 Å². The first kappa shape index (κ1) is 22.5. The van der Waals surface area contributed by atoms with Gasteiger partial charge in [-0.05, 0) is 57.0 Å². The van der Waals surface area contributed by atoms with Crippen molar-refractivity contribution in [1.29, 1.82) is 0 Å². The Labute approximate surface area is 182 Å². The third-order valence-electron chi connectivity index (χ3n) is 5.30. The number of hydrogen-bond donors (Lipinski definition) is 1. The van der Waals surface area contributed by atoms with Gasteiger partial charge in [-0.1, -0.05) is 31.5 Å². The van der Waals surface area contributed by atoms with E-state index in [-0.39, 0.29) is 23.0 Å². The Hall–Kier alpha value is -3.15. The molecule has 6 heteroatoms. The van der Waals surface area contributed by atoms with Crippen LogP contribution in [0.5, 0.6) is 5.75 Å². The number of carbonyl (C=O) groups is 2. The van der Waals surface area contributed by atoms with Crippen LogP contribution in [0, 0.1) is 12.7 Å². The zero-order valence-corrected chi connectivity index (χ0v) is 18.3. The minimum atomic E-state index is -0.973. The SMILES string of the molecule is CCCCN1C(=O)C(=O)/C(=C(/O)c2ccc(OC(C)C)c(C)c2)C1c1ccccc1F. The molecular weight excluding hydrogens is 397 g/mol. The lowest BCUT2D eigenvalue weighted by atomic mass is 9.94. The van der Waals surface area contributed by atoms with Crippen molar-refractivity contribution in [3.8, 4) is 5.75 Å². The molecule has 1 aliphatic rings. The van der Waals surface area contributed by atoms with Crippen LogP contribution in [-0.2, 0) is 9.59 Å². The lowest BCUT2D eigenvalue weighted by molar-refractivity contribution is -0.139. The van der Waals surface area contributed by atoms with Gasteiger partial charge in [0.25, 0.3) is 11.7 Å². The fraction of sp³-hybridized carbons (Fsp3) is 0.360. The van der Waals surface area contributed by atoms with E-state index in [0.29, 0.717) is 24.3 Å². The molecule has 1 amide bonds. The second-order valence-corrected chi connectivity index (χ2v) is 8.01. The lowest BCUT2D eigenvalue weighted by Crippen LogP contribution is -2.31. The summed E-state index contributed by atoms with van der Waals surface area (Å²) in [6.45, 7) is 7.94. The first-order valence-corrected chi connectivity index (χ1v) is 10.6. The molecule has 2 aromatic rings. The molecule has 0 aliphatic carbocycles. The minimum Gasteiger partial charge on any atom is -0.507 e. The van der Waals surface area contributed by atoms with Crippen LogP contribution in [0.15, 0.2) is 48.0 Å². The lowest BCUT2D eigenvalue weighted by Gasteiger charge is -2.25. The highest BCUT2D eigenvalue weighted by Gasteiger charge is 2.46. The highest BCUT2D eigenvalue weighted by molar-refractivity contribution is 6.46. The van der Waals surface area contributed by atoms with Crippen molar-refractivity contribution < 1.29 is 23.8 Å². The number of halogens is 1. The zero-order chi connectivity index (χ0) is 22.7. The van der Waals surface area contributed by atoms with Crippen LogP contribution in [0.1, 0.15) is 56.3 Å². The van der Waals surface area contributed by atoms with Crippen LogP contribution in [-0.4, -0.2) is 34.3 Å². The van der Waals surface area contributed by atoms with E-state index < -0.39 is 23.5 Å². The van der Waals surface area contributed by atoms with Crippen molar-refractivity contribution in [3.05, 3.63) is 70.5 Å². The van der Waals surface area contributed by atoms with Gasteiger partial charge in [0.15, 0.2) is 0 Å². The summed E-state index contributed by atoms with van der Waals surface area (Å²) >= 11 is 0. The topological polar surface area (TPSA) is 66.8 Å². The number of aryl methyl sites for hydroxylation is 1. The van der Waals surface area contributed by atoms with Gasteiger partial charge in [-0.2, -0.15) is 0 Å². The molecule has 0 bridgehead atoms. The van der Waals surface area contributed by atoms with Gasteiger partial charge in [0, 0.05) is 17.7 Å². The van der Waals surface area contributed by atoms with Crippen molar-refractivity contribution in [1.82, 2.24) is 4.90 Å². The molecule has 1 heterocycles. The summed E-state index contributed by atoms with van der Waals surface area (Å²) in [4.78, 5) is 27.1. The van der Waals surface area contributed by atoms with Gasteiger partial charge in [-0.3, -0.25) is 9.59 Å². The first-order chi connectivity index (χ1) is 14.8. The molecule has 1 saturated heterocycles. The largest absolute Gasteiger partial charge is 0.507 e. The van der Waals surface area contributed by atoms with Crippen molar-refractivity contribution in [2.75, 3.05) is 6.54 Å². The number of unbranched alkanes of at least 4 members (excludes halogenated alkanes) is 1. The van der Waals surface area contributed by atoms with Gasteiger partial charge in [0.05, 0.1) is 17.7 Å². The average molecular weight is 426 g/mol. The predicted octanol–water partition coefficient (Wildman–Crippen LogP) is 5.14. The summed E-state index contributed by atoms with van der Waals surface area (Å²) in [6, 6.07) is 10.1. The zero-order valence-electron chi connectivity index (χ0n) is 18.3. The van der Waals surface area contributed by atoms with E-state index in [0.717, 1.165) is 12.0 Å². The molecule has 31 heavy (non-hydrogen) atoms. The van der Waals surface area contributed by atoms with Crippen LogP contribution in [0.2, 0.25) is 0 Å². The molecule has 5 nitrogen and oxygen atoms in total. The number of rotatable bonds is 7. The third kappa shape index (κ3) is 4.48. The Bertz CT molecular complexity index is 1030. The number of benzene rings is 2. The Balaban J connectivity index is 2.14. The first-order valence-electron chi connectivity index (χ1n) is 10.6. The highest BCUT2D eigenvalue weighted by atomic mass is 19.1. The van der Waals surface area contributed by atoms with Crippen LogP contribution >= 0.6 is 0 Å². The van der Waals surface area contributed by atoms with Crippen molar-refractivity contribution in [2.24, 2.45) is 0 Å². The number of hydrogen-bond acceptors (Lipinski definition) is 4. The quantitative estimate of drug-likeness (QED) is 0.379. The monoisotopic (exact) mass is 425 g/mol. The summed E-state index contributed by atoms with van der Waals surface area (Å²) in [5.74, 6) is -1.70. The van der Waals surface area contributed by atoms with E-state index in [1.165, 1.54) is 11.0 Å². The second kappa shape index (κ2) is 9.33. The standard InChI is InChI=1S/C25H28FNO4/c1-5-6-13-27-22(18-9-7-8-10-19(18)26)21(24(29)25(27)30)23(28)17-11-12-20(16(4)14-17)31-15(2)3/h7-12,14-15,22,28H,5-6,13H2,1-4H3/b23-21+. The summed E-state index contributed by atoms with van der Waals surface area (Å²) in [6.07, 6.45) is 1.46. The number of amides is 1. The van der Waals surface area contributed by atoms with Crippen LogP contribution in [0.25, 0.3) is 5.76 Å².